The molecule has 2 aliphatic heterocycles. The number of para-hydroxylation sites is 5. The van der Waals surface area contributed by atoms with Crippen LogP contribution in [0.2, 0.25) is 0 Å². The molecule has 10 heteroatoms. The molecule has 0 bridgehead atoms. The van der Waals surface area contributed by atoms with Crippen LogP contribution in [0.15, 0.2) is 326 Å². The van der Waals surface area contributed by atoms with E-state index in [0.717, 1.165) is 117 Å². The SMILES string of the molecule is c1ccc(-c2cc(-c3ccccc3)nc(-c3ccc(-n4c5ccccc5c5c6oc7ccccc7c6ccc54)c(-c4nc(-c5ccccc5)nc(-c5ccc(-c6ccc(N7c8ccccc8B8c9ccccc9N(c9ccccc9)c9cccc7c98)cc6)cc5)n4)c3)n2)cc1. The first kappa shape index (κ1) is 54.0. The van der Waals surface area contributed by atoms with Crippen molar-refractivity contribution in [3.63, 3.8) is 0 Å². The van der Waals surface area contributed by atoms with E-state index < -0.39 is 0 Å². The zero-order valence-electron chi connectivity index (χ0n) is 51.2. The molecule has 442 valence electrons. The van der Waals surface area contributed by atoms with Gasteiger partial charge in [0, 0.05) is 83.7 Å². The van der Waals surface area contributed by atoms with Crippen molar-refractivity contribution >= 4 is 101 Å². The first-order chi connectivity index (χ1) is 47.1. The summed E-state index contributed by atoms with van der Waals surface area (Å²) in [4.78, 5) is 31.8. The first-order valence-electron chi connectivity index (χ1n) is 32.1. The summed E-state index contributed by atoms with van der Waals surface area (Å²) in [6, 6.07) is 113. The maximum absolute atomic E-state index is 6.80. The Hall–Kier alpha value is -12.8. The fourth-order valence-corrected chi connectivity index (χ4v) is 14.6. The number of rotatable bonds is 10. The zero-order chi connectivity index (χ0) is 62.5. The lowest BCUT2D eigenvalue weighted by atomic mass is 9.33. The summed E-state index contributed by atoms with van der Waals surface area (Å²) in [5.74, 6) is 2.14. The number of hydrogen-bond donors (Lipinski definition) is 0. The van der Waals surface area contributed by atoms with Crippen molar-refractivity contribution in [3.05, 3.63) is 322 Å². The van der Waals surface area contributed by atoms with Crippen LogP contribution in [0, 0.1) is 0 Å². The smallest absolute Gasteiger partial charge is 0.252 e. The lowest BCUT2D eigenvalue weighted by Crippen LogP contribution is -2.61. The summed E-state index contributed by atoms with van der Waals surface area (Å²) < 4.78 is 9.12. The van der Waals surface area contributed by atoms with E-state index in [1.165, 1.54) is 39.1 Å². The van der Waals surface area contributed by atoms with Crippen molar-refractivity contribution < 1.29 is 4.42 Å². The second kappa shape index (κ2) is 22.0. The quantitative estimate of drug-likeness (QED) is 0.125. The molecule has 0 fully saturated rings. The Bertz CT molecular complexity index is 5800. The molecular formula is C85H53BN8O. The average Bonchev–Trinajstić information content (AvgIpc) is 1.36. The van der Waals surface area contributed by atoms with Crippen molar-refractivity contribution in [3.8, 4) is 84.9 Å². The third-order valence-electron chi connectivity index (χ3n) is 18.9. The highest BCUT2D eigenvalue weighted by Crippen LogP contribution is 2.46. The van der Waals surface area contributed by atoms with Gasteiger partial charge in [-0.1, -0.05) is 224 Å². The normalized spacial score (nSPS) is 12.4. The van der Waals surface area contributed by atoms with Crippen LogP contribution in [0.3, 0.4) is 0 Å². The molecule has 0 radical (unpaired) electrons. The van der Waals surface area contributed by atoms with Crippen molar-refractivity contribution in [2.24, 2.45) is 0 Å². The van der Waals surface area contributed by atoms with Crippen molar-refractivity contribution in [2.75, 3.05) is 9.80 Å². The van der Waals surface area contributed by atoms with Gasteiger partial charge in [-0.25, -0.2) is 24.9 Å². The molecule has 0 saturated carbocycles. The van der Waals surface area contributed by atoms with Crippen LogP contribution in [0.25, 0.3) is 129 Å². The van der Waals surface area contributed by atoms with Gasteiger partial charge < -0.3 is 18.8 Å². The van der Waals surface area contributed by atoms with Crippen molar-refractivity contribution in [1.29, 1.82) is 0 Å². The van der Waals surface area contributed by atoms with E-state index in [1.807, 2.05) is 66.7 Å². The lowest BCUT2D eigenvalue weighted by Gasteiger charge is -2.44. The summed E-state index contributed by atoms with van der Waals surface area (Å²) in [7, 11) is 0. The molecule has 0 atom stereocenters. The highest BCUT2D eigenvalue weighted by Gasteiger charge is 2.43. The highest BCUT2D eigenvalue weighted by atomic mass is 16.3. The average molecular weight is 1210 g/mol. The Morgan fingerprint density at radius 2 is 0.758 bits per heavy atom. The highest BCUT2D eigenvalue weighted by molar-refractivity contribution is 7.00. The van der Waals surface area contributed by atoms with Gasteiger partial charge in [0.2, 0.25) is 0 Å². The van der Waals surface area contributed by atoms with Crippen LogP contribution in [0.5, 0.6) is 0 Å². The van der Waals surface area contributed by atoms with E-state index in [9.17, 15) is 0 Å². The summed E-state index contributed by atoms with van der Waals surface area (Å²) >= 11 is 0. The zero-order valence-corrected chi connectivity index (χ0v) is 51.2. The second-order valence-electron chi connectivity index (χ2n) is 24.3. The van der Waals surface area contributed by atoms with Gasteiger partial charge in [0.25, 0.3) is 6.71 Å². The number of benzene rings is 13. The second-order valence-corrected chi connectivity index (χ2v) is 24.3. The number of furan rings is 1. The fourth-order valence-electron chi connectivity index (χ4n) is 14.6. The van der Waals surface area contributed by atoms with E-state index in [-0.39, 0.29) is 6.71 Å². The third kappa shape index (κ3) is 8.91. The van der Waals surface area contributed by atoms with Crippen molar-refractivity contribution in [2.45, 2.75) is 0 Å². The molecule has 19 rings (SSSR count). The Morgan fingerprint density at radius 3 is 1.40 bits per heavy atom. The van der Waals surface area contributed by atoms with E-state index in [1.54, 1.807) is 0 Å². The van der Waals surface area contributed by atoms with Gasteiger partial charge in [-0.05, 0) is 125 Å². The van der Waals surface area contributed by atoms with Crippen LogP contribution >= 0.6 is 0 Å². The van der Waals surface area contributed by atoms with Gasteiger partial charge in [-0.15, -0.1) is 0 Å². The molecule has 0 amide bonds. The van der Waals surface area contributed by atoms with E-state index >= 15 is 0 Å². The predicted octanol–water partition coefficient (Wildman–Crippen LogP) is 19.4. The number of aromatic nitrogens is 6. The van der Waals surface area contributed by atoms with Crippen LogP contribution in [0.1, 0.15) is 0 Å². The molecule has 0 N–H and O–H groups in total. The van der Waals surface area contributed by atoms with Crippen LogP contribution < -0.4 is 26.2 Å². The molecular weight excluding hydrogens is 1160 g/mol. The molecule has 13 aromatic carbocycles. The molecule has 4 aromatic heterocycles. The lowest BCUT2D eigenvalue weighted by molar-refractivity contribution is 0.673. The standard InChI is InChI=1S/C85H53BN8O/c1-5-22-56(23-6-1)69-53-70(57-24-7-2-8-25-57)88-84(87-69)60-46-50-72(94-71-34-17-13-31-65(71)79-75(94)51-49-64-63-30-14-20-39-78(63)95-81(64)79)66(52-60)85-90-82(58-26-9-3-10-27-58)89-83(91-85)59-42-40-54(41-43-59)55-44-47-62(48-45-55)93-74-36-19-16-33-68(74)86-67-32-15-18-35-73(67)92(61-28-11-4-12-29-61)76-37-21-38-77(93)80(76)86/h1-53H. The largest absolute Gasteiger partial charge is 0.455 e. The van der Waals surface area contributed by atoms with Gasteiger partial charge in [-0.3, -0.25) is 0 Å². The molecule has 2 aliphatic rings. The van der Waals surface area contributed by atoms with E-state index in [0.29, 0.717) is 23.3 Å². The monoisotopic (exact) mass is 1210 g/mol. The Labute approximate surface area is 547 Å². The first-order valence-corrected chi connectivity index (χ1v) is 32.1. The molecule has 9 nitrogen and oxygen atoms in total. The summed E-state index contributed by atoms with van der Waals surface area (Å²) in [6.07, 6.45) is 0. The summed E-state index contributed by atoms with van der Waals surface area (Å²) in [5.41, 5.74) is 24.4. The minimum Gasteiger partial charge on any atom is -0.455 e. The van der Waals surface area contributed by atoms with Gasteiger partial charge in [-0.2, -0.15) is 0 Å². The molecule has 0 spiro atoms. The maximum atomic E-state index is 6.80. The number of anilines is 6. The minimum atomic E-state index is 0.0703. The molecule has 0 unspecified atom stereocenters. The number of fused-ring (bicyclic) bond motifs is 11. The van der Waals surface area contributed by atoms with Crippen LogP contribution in [-0.2, 0) is 0 Å². The number of nitrogens with zero attached hydrogens (tertiary/aromatic N) is 8. The maximum Gasteiger partial charge on any atom is 0.252 e. The third-order valence-corrected chi connectivity index (χ3v) is 18.9. The summed E-state index contributed by atoms with van der Waals surface area (Å²) in [5, 5.41) is 4.23. The predicted molar refractivity (Wildman–Crippen MR) is 389 cm³/mol. The van der Waals surface area contributed by atoms with Crippen LogP contribution in [0.4, 0.5) is 34.1 Å². The van der Waals surface area contributed by atoms with E-state index in [4.69, 9.17) is 29.3 Å². The van der Waals surface area contributed by atoms with Gasteiger partial charge >= 0.3 is 0 Å². The molecule has 6 heterocycles. The van der Waals surface area contributed by atoms with Crippen molar-refractivity contribution in [1.82, 2.24) is 29.5 Å². The van der Waals surface area contributed by atoms with Gasteiger partial charge in [0.1, 0.15) is 11.2 Å². The van der Waals surface area contributed by atoms with Gasteiger partial charge in [0.15, 0.2) is 23.3 Å². The fraction of sp³-hybridized carbons (Fsp3) is 0. The molecule has 95 heavy (non-hydrogen) atoms. The molecule has 0 saturated heterocycles. The Balaban J connectivity index is 0.748. The molecule has 17 aromatic rings. The molecule has 0 aliphatic carbocycles. The van der Waals surface area contributed by atoms with E-state index in [2.05, 4.69) is 269 Å². The van der Waals surface area contributed by atoms with Crippen LogP contribution in [-0.4, -0.2) is 36.2 Å². The Kier molecular flexibility index (Phi) is 12.5. The topological polar surface area (TPSA) is 89.0 Å². The number of hydrogen-bond acceptors (Lipinski definition) is 8. The summed E-state index contributed by atoms with van der Waals surface area (Å²) in [6.45, 7) is 0.0703. The Morgan fingerprint density at radius 1 is 0.284 bits per heavy atom. The minimum absolute atomic E-state index is 0.0703. The van der Waals surface area contributed by atoms with Gasteiger partial charge in [0.05, 0.1) is 33.5 Å².